The quantitative estimate of drug-likeness (QED) is 0.374. The molecule has 0 bridgehead atoms. The van der Waals surface area contributed by atoms with Gasteiger partial charge in [-0.05, 0) is 25.0 Å². The van der Waals surface area contributed by atoms with Crippen LogP contribution in [0.15, 0.2) is 41.9 Å². The van der Waals surface area contributed by atoms with E-state index in [1.54, 1.807) is 23.5 Å². The third-order valence-corrected chi connectivity index (χ3v) is 4.98. The molecule has 1 heterocycles. The van der Waals surface area contributed by atoms with Gasteiger partial charge < -0.3 is 4.74 Å². The molecule has 23 heavy (non-hydrogen) atoms. The van der Waals surface area contributed by atoms with Crippen molar-refractivity contribution in [2.75, 3.05) is 0 Å². The van der Waals surface area contributed by atoms with Crippen LogP contribution >= 0.6 is 11.3 Å². The second-order valence-electron chi connectivity index (χ2n) is 5.82. The Kier molecular flexibility index (Phi) is 7.27. The number of benzene rings is 1. The summed E-state index contributed by atoms with van der Waals surface area (Å²) in [4.78, 5) is 12.4. The minimum Gasteiger partial charge on any atom is -0.446 e. The number of nitrogens with zero attached hydrogens (tertiary/aromatic N) is 1. The number of rotatable bonds is 9. The van der Waals surface area contributed by atoms with Crippen molar-refractivity contribution in [2.45, 2.75) is 51.6 Å². The number of ether oxygens (including phenoxy) is 1. The fourth-order valence-corrected chi connectivity index (χ4v) is 3.52. The number of hydrogen-bond acceptors (Lipinski definition) is 3. The van der Waals surface area contributed by atoms with Gasteiger partial charge in [-0.15, -0.1) is 0 Å². The van der Waals surface area contributed by atoms with Crippen LogP contribution in [0.4, 0.5) is 0 Å². The van der Waals surface area contributed by atoms with Crippen molar-refractivity contribution in [2.24, 2.45) is 7.05 Å². The minimum atomic E-state index is -0.238. The summed E-state index contributed by atoms with van der Waals surface area (Å²) in [6.45, 7) is 2.22. The molecule has 1 aromatic heterocycles. The van der Waals surface area contributed by atoms with E-state index in [1.807, 2.05) is 36.8 Å². The molecule has 0 aliphatic heterocycles. The fraction of sp³-hybridized carbons (Fsp3) is 0.474. The SMILES string of the molecule is CCCCCCC[C@@H](OC(=O)c1ccccc1)c1scc[n+]1C. The Bertz CT molecular complexity index is 594. The molecule has 2 aromatic rings. The first-order valence-electron chi connectivity index (χ1n) is 8.41. The maximum atomic E-state index is 12.4. The van der Waals surface area contributed by atoms with Gasteiger partial charge in [0.15, 0.2) is 12.3 Å². The highest BCUT2D eigenvalue weighted by atomic mass is 32.1. The summed E-state index contributed by atoms with van der Waals surface area (Å²) in [5.74, 6) is -0.238. The Morgan fingerprint density at radius 3 is 2.57 bits per heavy atom. The van der Waals surface area contributed by atoms with Crippen LogP contribution in [0.2, 0.25) is 0 Å². The third kappa shape index (κ3) is 5.47. The van der Waals surface area contributed by atoms with Gasteiger partial charge in [-0.3, -0.25) is 0 Å². The van der Waals surface area contributed by atoms with Crippen molar-refractivity contribution >= 4 is 17.3 Å². The van der Waals surface area contributed by atoms with Crippen LogP contribution < -0.4 is 4.57 Å². The van der Waals surface area contributed by atoms with Crippen molar-refractivity contribution in [3.63, 3.8) is 0 Å². The summed E-state index contributed by atoms with van der Waals surface area (Å²) >= 11 is 1.65. The van der Waals surface area contributed by atoms with Crippen LogP contribution in [0, 0.1) is 0 Å². The molecule has 1 atom stereocenters. The molecule has 0 saturated heterocycles. The largest absolute Gasteiger partial charge is 0.446 e. The molecule has 0 amide bonds. The van der Waals surface area contributed by atoms with Gasteiger partial charge in [-0.1, -0.05) is 62.1 Å². The topological polar surface area (TPSA) is 30.2 Å². The first kappa shape index (κ1) is 17.7. The average molecular weight is 332 g/mol. The van der Waals surface area contributed by atoms with Gasteiger partial charge in [-0.2, -0.15) is 4.57 Å². The van der Waals surface area contributed by atoms with Crippen LogP contribution in [0.5, 0.6) is 0 Å². The maximum Gasteiger partial charge on any atom is 0.338 e. The van der Waals surface area contributed by atoms with Crippen LogP contribution in [0.1, 0.15) is 66.9 Å². The fourth-order valence-electron chi connectivity index (χ4n) is 2.59. The summed E-state index contributed by atoms with van der Waals surface area (Å²) in [6, 6.07) is 9.23. The molecule has 0 aliphatic carbocycles. The number of aryl methyl sites for hydroxylation is 1. The lowest BCUT2D eigenvalue weighted by molar-refractivity contribution is -0.677. The Morgan fingerprint density at radius 2 is 1.91 bits per heavy atom. The normalized spacial score (nSPS) is 12.1. The van der Waals surface area contributed by atoms with Gasteiger partial charge in [0.25, 0.3) is 5.01 Å². The van der Waals surface area contributed by atoms with E-state index in [-0.39, 0.29) is 12.1 Å². The standard InChI is InChI=1S/C19H26NO2S/c1-3-4-5-6-10-13-17(18-20(2)14-15-23-18)22-19(21)16-11-8-7-9-12-16/h7-9,11-12,14-15,17H,3-6,10,13H2,1-2H3/q+1/t17-/m1/s1. The molecule has 0 radical (unpaired) electrons. The van der Waals surface area contributed by atoms with Crippen molar-refractivity contribution in [1.29, 1.82) is 0 Å². The average Bonchev–Trinajstić information content (AvgIpc) is 3.00. The van der Waals surface area contributed by atoms with Crippen molar-refractivity contribution in [3.8, 4) is 0 Å². The summed E-state index contributed by atoms with van der Waals surface area (Å²) in [5.41, 5.74) is 0.614. The van der Waals surface area contributed by atoms with E-state index in [0.717, 1.165) is 17.8 Å². The van der Waals surface area contributed by atoms with Gasteiger partial charge in [-0.25, -0.2) is 4.79 Å². The van der Waals surface area contributed by atoms with Gasteiger partial charge in [0.2, 0.25) is 0 Å². The number of hydrogen-bond donors (Lipinski definition) is 0. The highest BCUT2D eigenvalue weighted by Gasteiger charge is 2.26. The lowest BCUT2D eigenvalue weighted by atomic mass is 10.1. The van der Waals surface area contributed by atoms with Crippen LogP contribution in [0.3, 0.4) is 0 Å². The Balaban J connectivity index is 1.99. The van der Waals surface area contributed by atoms with E-state index >= 15 is 0 Å². The van der Waals surface area contributed by atoms with E-state index in [0.29, 0.717) is 5.56 Å². The first-order chi connectivity index (χ1) is 11.2. The smallest absolute Gasteiger partial charge is 0.338 e. The van der Waals surface area contributed by atoms with Crippen molar-refractivity contribution in [1.82, 2.24) is 0 Å². The Labute approximate surface area is 142 Å². The third-order valence-electron chi connectivity index (χ3n) is 3.92. The van der Waals surface area contributed by atoms with Gasteiger partial charge in [0.1, 0.15) is 7.05 Å². The first-order valence-corrected chi connectivity index (χ1v) is 9.29. The predicted molar refractivity (Wildman–Crippen MR) is 93.5 cm³/mol. The highest BCUT2D eigenvalue weighted by Crippen LogP contribution is 2.26. The summed E-state index contributed by atoms with van der Waals surface area (Å²) in [6.07, 6.45) is 8.80. The lowest BCUT2D eigenvalue weighted by Gasteiger charge is -2.14. The minimum absolute atomic E-state index is 0.158. The Morgan fingerprint density at radius 1 is 1.17 bits per heavy atom. The van der Waals surface area contributed by atoms with E-state index in [2.05, 4.69) is 11.5 Å². The summed E-state index contributed by atoms with van der Waals surface area (Å²) < 4.78 is 7.87. The zero-order chi connectivity index (χ0) is 16.5. The zero-order valence-corrected chi connectivity index (χ0v) is 14.8. The molecule has 1 aromatic carbocycles. The second-order valence-corrected chi connectivity index (χ2v) is 6.74. The number of carbonyl (C=O) groups is 1. The van der Waals surface area contributed by atoms with Crippen LogP contribution in [0.25, 0.3) is 0 Å². The number of thiazole rings is 1. The summed E-state index contributed by atoms with van der Waals surface area (Å²) in [5, 5.41) is 3.14. The molecule has 2 rings (SSSR count). The van der Waals surface area contributed by atoms with E-state index in [1.165, 1.54) is 25.7 Å². The molecule has 3 nitrogen and oxygen atoms in total. The molecule has 0 aliphatic rings. The summed E-state index contributed by atoms with van der Waals surface area (Å²) in [7, 11) is 2.01. The van der Waals surface area contributed by atoms with E-state index in [9.17, 15) is 4.79 Å². The zero-order valence-electron chi connectivity index (χ0n) is 14.0. The van der Waals surface area contributed by atoms with Gasteiger partial charge >= 0.3 is 5.97 Å². The number of carbonyl (C=O) groups excluding carboxylic acids is 1. The second kappa shape index (κ2) is 9.46. The molecular formula is C19H26NO2S+. The molecule has 0 fully saturated rings. The Hall–Kier alpha value is -1.68. The molecule has 124 valence electrons. The molecule has 4 heteroatoms. The molecule has 0 unspecified atom stereocenters. The lowest BCUT2D eigenvalue weighted by Crippen LogP contribution is -2.32. The molecule has 0 N–H and O–H groups in total. The number of aromatic nitrogens is 1. The molecular weight excluding hydrogens is 306 g/mol. The monoisotopic (exact) mass is 332 g/mol. The molecule has 0 spiro atoms. The van der Waals surface area contributed by atoms with Gasteiger partial charge in [0, 0.05) is 0 Å². The van der Waals surface area contributed by atoms with E-state index < -0.39 is 0 Å². The number of esters is 1. The van der Waals surface area contributed by atoms with Crippen molar-refractivity contribution < 1.29 is 14.1 Å². The van der Waals surface area contributed by atoms with Crippen LogP contribution in [-0.4, -0.2) is 5.97 Å². The predicted octanol–water partition coefficient (Wildman–Crippen LogP) is 4.83. The number of unbranched alkanes of at least 4 members (excludes halogenated alkanes) is 4. The van der Waals surface area contributed by atoms with Crippen molar-refractivity contribution in [3.05, 3.63) is 52.5 Å². The molecule has 0 saturated carbocycles. The van der Waals surface area contributed by atoms with Gasteiger partial charge in [0.05, 0.1) is 10.9 Å². The highest BCUT2D eigenvalue weighted by molar-refractivity contribution is 7.09. The van der Waals surface area contributed by atoms with E-state index in [4.69, 9.17) is 4.74 Å². The maximum absolute atomic E-state index is 12.4. The van der Waals surface area contributed by atoms with Crippen LogP contribution in [-0.2, 0) is 11.8 Å².